The zero-order chi connectivity index (χ0) is 15.8. The van der Waals surface area contributed by atoms with Crippen molar-refractivity contribution in [2.75, 3.05) is 37.8 Å². The van der Waals surface area contributed by atoms with E-state index in [4.69, 9.17) is 5.73 Å². The number of hydrogen-bond donors (Lipinski definition) is 2. The van der Waals surface area contributed by atoms with Gasteiger partial charge >= 0.3 is 6.18 Å². The largest absolute Gasteiger partial charge is 0.418 e. The van der Waals surface area contributed by atoms with Crippen molar-refractivity contribution in [3.05, 3.63) is 23.8 Å². The molecule has 1 aromatic carbocycles. The Morgan fingerprint density at radius 1 is 1.38 bits per heavy atom. The van der Waals surface area contributed by atoms with Crippen molar-refractivity contribution >= 4 is 11.4 Å². The topological polar surface area (TPSA) is 52.7 Å². The number of halogens is 3. The number of nitrogen functional groups attached to an aromatic ring is 1. The molecule has 1 aliphatic heterocycles. The quantitative estimate of drug-likeness (QED) is 0.836. The number of nitrogens with zero attached hydrogens (tertiary/aromatic N) is 2. The second-order valence-electron chi connectivity index (χ2n) is 5.73. The summed E-state index contributed by atoms with van der Waals surface area (Å²) in [5, 5.41) is 9.82. The Labute approximate surface area is 121 Å². The molecule has 2 atom stereocenters. The SMILES string of the molecule is CN(C)CC1CC(O)CN1c1ccc(N)c(C(F)(F)F)c1. The first-order chi connectivity index (χ1) is 9.68. The molecule has 21 heavy (non-hydrogen) atoms. The molecule has 1 aromatic rings. The van der Waals surface area contributed by atoms with Crippen molar-refractivity contribution in [3.63, 3.8) is 0 Å². The fourth-order valence-corrected chi connectivity index (χ4v) is 2.77. The van der Waals surface area contributed by atoms with Crippen LogP contribution in [0.5, 0.6) is 0 Å². The molecule has 4 nitrogen and oxygen atoms in total. The lowest BCUT2D eigenvalue weighted by Gasteiger charge is -2.29. The van der Waals surface area contributed by atoms with Crippen LogP contribution in [0.2, 0.25) is 0 Å². The number of alkyl halides is 3. The highest BCUT2D eigenvalue weighted by molar-refractivity contribution is 5.60. The van der Waals surface area contributed by atoms with E-state index in [0.29, 0.717) is 25.2 Å². The maximum absolute atomic E-state index is 12.9. The Kier molecular flexibility index (Phi) is 4.34. The van der Waals surface area contributed by atoms with Crippen molar-refractivity contribution in [1.29, 1.82) is 0 Å². The summed E-state index contributed by atoms with van der Waals surface area (Å²) < 4.78 is 38.8. The molecule has 0 bridgehead atoms. The summed E-state index contributed by atoms with van der Waals surface area (Å²) in [7, 11) is 3.79. The molecule has 0 saturated carbocycles. The Bertz CT molecular complexity index is 505. The summed E-state index contributed by atoms with van der Waals surface area (Å²) in [6, 6.07) is 3.90. The highest BCUT2D eigenvalue weighted by atomic mass is 19.4. The Morgan fingerprint density at radius 2 is 2.05 bits per heavy atom. The van der Waals surface area contributed by atoms with Gasteiger partial charge in [-0.25, -0.2) is 0 Å². The second kappa shape index (κ2) is 5.73. The van der Waals surface area contributed by atoms with Crippen molar-refractivity contribution in [2.24, 2.45) is 0 Å². The number of anilines is 2. The minimum absolute atomic E-state index is 0.0142. The second-order valence-corrected chi connectivity index (χ2v) is 5.73. The Hall–Kier alpha value is -1.47. The minimum Gasteiger partial charge on any atom is -0.398 e. The van der Waals surface area contributed by atoms with Crippen LogP contribution in [0.1, 0.15) is 12.0 Å². The standard InChI is InChI=1S/C14H20F3N3O/c1-19(2)7-10-5-11(21)8-20(10)9-3-4-13(18)12(6-9)14(15,16)17/h3-4,6,10-11,21H,5,7-8,18H2,1-2H3. The van der Waals surface area contributed by atoms with Crippen LogP contribution in [0.4, 0.5) is 24.5 Å². The van der Waals surface area contributed by atoms with Gasteiger partial charge in [-0.2, -0.15) is 13.2 Å². The number of likely N-dealkylation sites (N-methyl/N-ethyl adjacent to an activating group) is 1. The van der Waals surface area contributed by atoms with E-state index in [1.165, 1.54) is 6.07 Å². The van der Waals surface area contributed by atoms with Gasteiger partial charge < -0.3 is 20.6 Å². The van der Waals surface area contributed by atoms with E-state index in [2.05, 4.69) is 0 Å². The third-order valence-corrected chi connectivity index (χ3v) is 3.64. The first kappa shape index (κ1) is 15.9. The van der Waals surface area contributed by atoms with Crippen LogP contribution in [-0.4, -0.2) is 49.3 Å². The molecule has 7 heteroatoms. The van der Waals surface area contributed by atoms with Crippen molar-refractivity contribution in [1.82, 2.24) is 4.90 Å². The van der Waals surface area contributed by atoms with Gasteiger partial charge in [-0.05, 0) is 38.7 Å². The number of nitrogens with two attached hydrogens (primary N) is 1. The fraction of sp³-hybridized carbons (Fsp3) is 0.571. The summed E-state index contributed by atoms with van der Waals surface area (Å²) in [6.07, 6.45) is -4.46. The lowest BCUT2D eigenvalue weighted by Crippen LogP contribution is -2.37. The average Bonchev–Trinajstić information content (AvgIpc) is 2.68. The van der Waals surface area contributed by atoms with Gasteiger partial charge in [0.1, 0.15) is 0 Å². The highest BCUT2D eigenvalue weighted by Crippen LogP contribution is 2.37. The van der Waals surface area contributed by atoms with Crippen LogP contribution in [0.25, 0.3) is 0 Å². The lowest BCUT2D eigenvalue weighted by atomic mass is 10.1. The van der Waals surface area contributed by atoms with Gasteiger partial charge in [0.15, 0.2) is 0 Å². The van der Waals surface area contributed by atoms with E-state index < -0.39 is 17.8 Å². The van der Waals surface area contributed by atoms with Crippen LogP contribution in [0, 0.1) is 0 Å². The van der Waals surface area contributed by atoms with Gasteiger partial charge in [0.25, 0.3) is 0 Å². The van der Waals surface area contributed by atoms with Crippen LogP contribution in [0.3, 0.4) is 0 Å². The number of β-amino-alcohol motifs (C(OH)–C–C–N with tert-alkyl or cyclic N) is 1. The van der Waals surface area contributed by atoms with Gasteiger partial charge in [-0.15, -0.1) is 0 Å². The van der Waals surface area contributed by atoms with E-state index in [1.807, 2.05) is 23.9 Å². The van der Waals surface area contributed by atoms with E-state index >= 15 is 0 Å². The molecule has 118 valence electrons. The monoisotopic (exact) mass is 303 g/mol. The molecule has 0 aliphatic carbocycles. The van der Waals surface area contributed by atoms with E-state index in [0.717, 1.165) is 6.07 Å². The smallest absolute Gasteiger partial charge is 0.398 e. The number of rotatable bonds is 3. The van der Waals surface area contributed by atoms with Gasteiger partial charge in [0.05, 0.1) is 11.7 Å². The zero-order valence-electron chi connectivity index (χ0n) is 12.1. The number of hydrogen-bond acceptors (Lipinski definition) is 4. The Morgan fingerprint density at radius 3 is 2.62 bits per heavy atom. The third-order valence-electron chi connectivity index (χ3n) is 3.64. The van der Waals surface area contributed by atoms with Crippen LogP contribution >= 0.6 is 0 Å². The molecule has 0 amide bonds. The van der Waals surface area contributed by atoms with Crippen LogP contribution in [-0.2, 0) is 6.18 Å². The highest BCUT2D eigenvalue weighted by Gasteiger charge is 2.36. The molecule has 0 radical (unpaired) electrons. The van der Waals surface area contributed by atoms with E-state index in [9.17, 15) is 18.3 Å². The molecule has 3 N–H and O–H groups in total. The first-order valence-electron chi connectivity index (χ1n) is 6.74. The number of benzene rings is 1. The molecule has 1 fully saturated rings. The Balaban J connectivity index is 2.32. The molecular formula is C14H20F3N3O. The van der Waals surface area contributed by atoms with Gasteiger partial charge in [0, 0.05) is 30.5 Å². The summed E-state index contributed by atoms with van der Waals surface area (Å²) in [5.41, 5.74) is 4.75. The maximum Gasteiger partial charge on any atom is 0.418 e. The molecule has 0 spiro atoms. The third kappa shape index (κ3) is 3.59. The molecule has 1 saturated heterocycles. The molecule has 1 heterocycles. The van der Waals surface area contributed by atoms with E-state index in [-0.39, 0.29) is 11.7 Å². The molecule has 2 unspecified atom stereocenters. The van der Waals surface area contributed by atoms with Crippen molar-refractivity contribution in [2.45, 2.75) is 24.7 Å². The molecule has 1 aliphatic rings. The molecular weight excluding hydrogens is 283 g/mol. The maximum atomic E-state index is 12.9. The van der Waals surface area contributed by atoms with Gasteiger partial charge in [-0.3, -0.25) is 0 Å². The predicted octanol–water partition coefficient (Wildman–Crippen LogP) is 1.79. The number of aliphatic hydroxyl groups excluding tert-OH is 1. The zero-order valence-corrected chi connectivity index (χ0v) is 12.1. The fourth-order valence-electron chi connectivity index (χ4n) is 2.77. The molecule has 0 aromatic heterocycles. The summed E-state index contributed by atoms with van der Waals surface area (Å²) in [5.74, 6) is 0. The average molecular weight is 303 g/mol. The number of aliphatic hydroxyl groups is 1. The minimum atomic E-state index is -4.48. The summed E-state index contributed by atoms with van der Waals surface area (Å²) in [4.78, 5) is 3.77. The predicted molar refractivity (Wildman–Crippen MR) is 76.2 cm³/mol. The van der Waals surface area contributed by atoms with E-state index in [1.54, 1.807) is 6.07 Å². The first-order valence-corrected chi connectivity index (χ1v) is 6.74. The lowest BCUT2D eigenvalue weighted by molar-refractivity contribution is -0.136. The summed E-state index contributed by atoms with van der Waals surface area (Å²) in [6.45, 7) is 1.00. The normalized spacial score (nSPS) is 23.1. The summed E-state index contributed by atoms with van der Waals surface area (Å²) >= 11 is 0. The van der Waals surface area contributed by atoms with Crippen molar-refractivity contribution < 1.29 is 18.3 Å². The van der Waals surface area contributed by atoms with Crippen molar-refractivity contribution in [3.8, 4) is 0 Å². The molecule has 2 rings (SSSR count). The van der Waals surface area contributed by atoms with Gasteiger partial charge in [-0.1, -0.05) is 0 Å². The van der Waals surface area contributed by atoms with Crippen LogP contribution in [0.15, 0.2) is 18.2 Å². The van der Waals surface area contributed by atoms with Crippen LogP contribution < -0.4 is 10.6 Å². The van der Waals surface area contributed by atoms with Gasteiger partial charge in [0.2, 0.25) is 0 Å².